The monoisotopic (exact) mass is 1090 g/mol. The van der Waals surface area contributed by atoms with Crippen LogP contribution < -0.4 is 14.6 Å². The van der Waals surface area contributed by atoms with Crippen LogP contribution in [0.5, 0.6) is 11.5 Å². The molecule has 0 spiro atoms. The number of pyridine rings is 4. The number of thiophene rings is 3. The Hall–Kier alpha value is -5.94. The van der Waals surface area contributed by atoms with Gasteiger partial charge >= 0.3 is 25.7 Å². The normalized spacial score (nSPS) is 10.7. The van der Waals surface area contributed by atoms with Crippen molar-refractivity contribution in [2.45, 2.75) is 77.8 Å². The molecule has 11 nitrogen and oxygen atoms in total. The van der Waals surface area contributed by atoms with E-state index in [-0.39, 0.29) is 25.2 Å². The van der Waals surface area contributed by atoms with Crippen LogP contribution in [0.25, 0.3) is 70.9 Å². The Morgan fingerprint density at radius 2 is 1.30 bits per heavy atom. The van der Waals surface area contributed by atoms with Gasteiger partial charge in [0.05, 0.1) is 33.3 Å². The molecule has 0 aliphatic carbocycles. The van der Waals surface area contributed by atoms with Crippen molar-refractivity contribution in [1.82, 2.24) is 30.1 Å². The number of nitrogens with zero attached hydrogens (tertiary/aromatic N) is 7. The molecule has 0 aliphatic rings. The number of hydrogen-bond donors (Lipinski definition) is 0. The molecule has 0 aromatic carbocycles. The maximum absolute atomic E-state index is 12.7. The molecule has 0 fully saturated rings. The van der Waals surface area contributed by atoms with Gasteiger partial charge in [-0.25, -0.2) is 4.98 Å². The molecule has 19 heteroatoms. The van der Waals surface area contributed by atoms with E-state index in [9.17, 15) is 22.8 Å². The van der Waals surface area contributed by atoms with E-state index in [1.54, 1.807) is 65.4 Å². The Bertz CT molecular complexity index is 2920. The number of unbranched alkanes of at least 4 members (excludes halogenated alkanes) is 5. The number of halogens is 3. The van der Waals surface area contributed by atoms with Gasteiger partial charge in [0.25, 0.3) is 12.9 Å². The number of carbonyl (C=O) groups is 2. The Balaban J connectivity index is 0.000000263. The van der Waals surface area contributed by atoms with Gasteiger partial charge in [0.15, 0.2) is 0 Å². The summed E-state index contributed by atoms with van der Waals surface area (Å²) in [5, 5.41) is 17.4. The van der Waals surface area contributed by atoms with Gasteiger partial charge in [0, 0.05) is 61.9 Å². The minimum absolute atomic E-state index is 0. The van der Waals surface area contributed by atoms with Crippen molar-refractivity contribution in [2.75, 3.05) is 0 Å². The van der Waals surface area contributed by atoms with Crippen molar-refractivity contribution in [2.24, 2.45) is 0 Å². The van der Waals surface area contributed by atoms with Gasteiger partial charge in [-0.15, -0.1) is 34.0 Å². The van der Waals surface area contributed by atoms with E-state index in [0.29, 0.717) is 52.9 Å². The molecule has 0 unspecified atom stereocenters. The van der Waals surface area contributed by atoms with E-state index in [0.717, 1.165) is 34.9 Å². The zero-order valence-electron chi connectivity index (χ0n) is 37.3. The smallest absolute Gasteiger partial charge is 0.753 e. The standard InChI is InChI=1S/C31H27N3O4S2.C18H17F3N3S.CNS.Ru/c1-2-3-4-5-7-24-18-25(31(40-24)30-8-6-13-39-30)21-9-11-32-26(14-21)28-16-23(38-20-36)17-29(34-28)27-15-22(37-19-35)10-12-33-27;1-2-3-4-5-13-6-7-16(25-13)12-8-9-22-14(10-12)15-11-17(24-23-15)18(19,20)21;2-1-3;/h6,8-20H,2-5,7H2,1H3;6-11H,2-5H2,1H3;;/q;2*-1;+2. The Kier molecular flexibility index (Phi) is 21.4. The number of thiocarbonyl (C=S) groups is 1. The summed E-state index contributed by atoms with van der Waals surface area (Å²) in [6.45, 7) is 5.13. The Morgan fingerprint density at radius 3 is 1.97 bits per heavy atom. The molecular formula is C50H44F3N7O4RuS4. The van der Waals surface area contributed by atoms with Gasteiger partial charge in [-0.3, -0.25) is 24.5 Å². The van der Waals surface area contributed by atoms with Gasteiger partial charge in [0.1, 0.15) is 17.2 Å². The van der Waals surface area contributed by atoms with Crippen molar-refractivity contribution in [3.63, 3.8) is 0 Å². The number of carbonyl (C=O) groups excluding carboxylic acids is 2. The Labute approximate surface area is 427 Å². The number of ether oxygens (including phenoxy) is 2. The second-order valence-electron chi connectivity index (χ2n) is 14.9. The third-order valence-electron chi connectivity index (χ3n) is 10.1. The molecule has 0 bridgehead atoms. The van der Waals surface area contributed by atoms with Crippen molar-refractivity contribution in [3.05, 3.63) is 130 Å². The van der Waals surface area contributed by atoms with Gasteiger partial charge in [-0.1, -0.05) is 69.9 Å². The molecule has 0 atom stereocenters. The Morgan fingerprint density at radius 1 is 0.696 bits per heavy atom. The topological polar surface area (TPSA) is 153 Å². The first-order chi connectivity index (χ1) is 33.1. The molecule has 0 amide bonds. The number of isothiocyanates is 1. The second-order valence-corrected chi connectivity index (χ2v) is 18.3. The summed E-state index contributed by atoms with van der Waals surface area (Å²) in [5.74, 6) is 0.629. The van der Waals surface area contributed by atoms with Crippen LogP contribution in [-0.4, -0.2) is 43.1 Å². The minimum atomic E-state index is -4.50. The molecule has 0 N–H and O–H groups in total. The molecule has 8 rings (SSSR count). The number of aryl methyl sites for hydroxylation is 2. The van der Waals surface area contributed by atoms with Gasteiger partial charge in [-0.05, 0) is 103 Å². The van der Waals surface area contributed by atoms with E-state index in [1.165, 1.54) is 81.4 Å². The van der Waals surface area contributed by atoms with Crippen LogP contribution in [0.3, 0.4) is 0 Å². The number of hydrogen-bond acceptors (Lipinski definition) is 13. The van der Waals surface area contributed by atoms with Crippen molar-refractivity contribution < 1.29 is 51.7 Å². The molecule has 0 aliphatic heterocycles. The van der Waals surface area contributed by atoms with E-state index < -0.39 is 11.9 Å². The van der Waals surface area contributed by atoms with Gasteiger partial charge in [-0.2, -0.15) is 18.3 Å². The summed E-state index contributed by atoms with van der Waals surface area (Å²) in [6, 6.07) is 25.7. The van der Waals surface area contributed by atoms with Crippen LogP contribution in [0.1, 0.15) is 74.2 Å². The third kappa shape index (κ3) is 15.5. The maximum atomic E-state index is 12.7. The van der Waals surface area contributed by atoms with Gasteiger partial charge < -0.3 is 25.1 Å². The van der Waals surface area contributed by atoms with Crippen LogP contribution in [0.2, 0.25) is 0 Å². The van der Waals surface area contributed by atoms with Crippen molar-refractivity contribution in [3.8, 4) is 77.0 Å². The summed E-state index contributed by atoms with van der Waals surface area (Å²) in [7, 11) is 0. The summed E-state index contributed by atoms with van der Waals surface area (Å²) < 4.78 is 48.2. The average Bonchev–Trinajstić information content (AvgIpc) is 4.20. The molecule has 0 radical (unpaired) electrons. The summed E-state index contributed by atoms with van der Waals surface area (Å²) >= 11 is 9.00. The number of aromatic nitrogens is 6. The van der Waals surface area contributed by atoms with Crippen LogP contribution >= 0.6 is 46.2 Å². The average molecular weight is 1090 g/mol. The van der Waals surface area contributed by atoms with Crippen LogP contribution in [0, 0.1) is 0 Å². The van der Waals surface area contributed by atoms with E-state index in [1.807, 2.05) is 35.6 Å². The van der Waals surface area contributed by atoms with Crippen LogP contribution in [-0.2, 0) is 48.1 Å². The van der Waals surface area contributed by atoms with Crippen LogP contribution in [0.4, 0.5) is 13.2 Å². The second kappa shape index (κ2) is 27.3. The molecule has 8 heterocycles. The fourth-order valence-electron chi connectivity index (χ4n) is 6.91. The van der Waals surface area contributed by atoms with E-state index in [2.05, 4.69) is 80.9 Å². The van der Waals surface area contributed by atoms with E-state index >= 15 is 0 Å². The minimum Gasteiger partial charge on any atom is -0.753 e. The predicted molar refractivity (Wildman–Crippen MR) is 267 cm³/mol. The molecular weight excluding hydrogens is 1050 g/mol. The number of rotatable bonds is 19. The molecule has 356 valence electrons. The SMILES string of the molecule is CCCCCCc1cc(-c2ccnc(-c3cc(OC=O)cc(-c4cc(OC=O)ccn4)n3)c2)c(-c2cccs2)s1.CCCCCc1ccc(-c2ccnc(-c3cc(C(F)(F)F)n[n-]3)c2)s1.[N-]=C=S.[Ru+2]. The summed E-state index contributed by atoms with van der Waals surface area (Å²) in [4.78, 5) is 46.1. The third-order valence-corrected chi connectivity index (χ3v) is 13.6. The molecule has 0 saturated carbocycles. The predicted octanol–water partition coefficient (Wildman–Crippen LogP) is 14.1. The number of alkyl halides is 3. The molecule has 8 aromatic heterocycles. The summed E-state index contributed by atoms with van der Waals surface area (Å²) in [6.07, 6.45) is 11.0. The maximum Gasteiger partial charge on any atom is 2.00 e. The first-order valence-electron chi connectivity index (χ1n) is 21.5. The largest absolute Gasteiger partial charge is 2.00 e. The van der Waals surface area contributed by atoms with Gasteiger partial charge in [0.2, 0.25) is 0 Å². The molecule has 0 saturated heterocycles. The zero-order chi connectivity index (χ0) is 48.3. The van der Waals surface area contributed by atoms with Crippen LogP contribution in [0.15, 0.2) is 109 Å². The van der Waals surface area contributed by atoms with Crippen molar-refractivity contribution >= 4 is 64.3 Å². The fourth-order valence-corrected chi connectivity index (χ4v) is 10.0. The molecule has 69 heavy (non-hydrogen) atoms. The first kappa shape index (κ1) is 54.0. The van der Waals surface area contributed by atoms with E-state index in [4.69, 9.17) is 19.9 Å². The summed E-state index contributed by atoms with van der Waals surface area (Å²) in [5.41, 5.74) is 4.71. The fraction of sp³-hybridized carbons (Fsp3) is 0.240. The quantitative estimate of drug-likeness (QED) is 0.0250. The molecule has 8 aromatic rings. The zero-order valence-corrected chi connectivity index (χ0v) is 42.3. The van der Waals surface area contributed by atoms with Crippen molar-refractivity contribution in [1.29, 1.82) is 0 Å². The first-order valence-corrected chi connectivity index (χ1v) is 24.5.